The molecule has 27 heavy (non-hydrogen) atoms. The lowest BCUT2D eigenvalue weighted by molar-refractivity contribution is 0.0628. The number of hydrogen-bond donors (Lipinski definition) is 0. The molecule has 2 aromatic carbocycles. The van der Waals surface area contributed by atoms with E-state index in [2.05, 4.69) is 60.0 Å². The van der Waals surface area contributed by atoms with Crippen molar-refractivity contribution >= 4 is 5.91 Å². The molecule has 1 aliphatic rings. The summed E-state index contributed by atoms with van der Waals surface area (Å²) in [7, 11) is 0. The molecule has 2 aromatic rings. The number of carbonyl (C=O) groups excluding carboxylic acids is 1. The lowest BCUT2D eigenvalue weighted by Crippen LogP contribution is -2.48. The zero-order chi connectivity index (χ0) is 19.1. The molecule has 1 aliphatic heterocycles. The Balaban J connectivity index is 1.51. The minimum atomic E-state index is 0.156. The maximum atomic E-state index is 12.8. The van der Waals surface area contributed by atoms with E-state index in [9.17, 15) is 4.79 Å². The van der Waals surface area contributed by atoms with E-state index in [0.29, 0.717) is 0 Å². The van der Waals surface area contributed by atoms with Gasteiger partial charge in [0.25, 0.3) is 5.91 Å². The second-order valence-electron chi connectivity index (χ2n) is 7.21. The molecule has 4 nitrogen and oxygen atoms in total. The van der Waals surface area contributed by atoms with Crippen LogP contribution in [0.4, 0.5) is 0 Å². The molecule has 3 rings (SSSR count). The summed E-state index contributed by atoms with van der Waals surface area (Å²) in [5, 5.41) is 0. The number of hydrogen-bond acceptors (Lipinski definition) is 3. The molecule has 0 aliphatic carbocycles. The maximum absolute atomic E-state index is 12.8. The van der Waals surface area contributed by atoms with Crippen molar-refractivity contribution in [1.29, 1.82) is 0 Å². The van der Waals surface area contributed by atoms with Crippen molar-refractivity contribution in [2.24, 2.45) is 0 Å². The van der Waals surface area contributed by atoms with Gasteiger partial charge >= 0.3 is 0 Å². The fourth-order valence-electron chi connectivity index (χ4n) is 3.59. The number of benzene rings is 2. The Morgan fingerprint density at radius 2 is 1.48 bits per heavy atom. The predicted octanol–water partition coefficient (Wildman–Crippen LogP) is 3.49. The topological polar surface area (TPSA) is 26.8 Å². The van der Waals surface area contributed by atoms with Gasteiger partial charge < -0.3 is 4.90 Å². The van der Waals surface area contributed by atoms with Crippen molar-refractivity contribution in [3.63, 3.8) is 0 Å². The number of amides is 1. The highest BCUT2D eigenvalue weighted by molar-refractivity contribution is 5.94. The molecule has 1 amide bonds. The van der Waals surface area contributed by atoms with Crippen LogP contribution in [0.3, 0.4) is 0 Å². The maximum Gasteiger partial charge on any atom is 0.253 e. The van der Waals surface area contributed by atoms with E-state index in [-0.39, 0.29) is 5.91 Å². The van der Waals surface area contributed by atoms with Gasteiger partial charge in [0.15, 0.2) is 0 Å². The zero-order valence-electron chi connectivity index (χ0n) is 16.6. The van der Waals surface area contributed by atoms with Gasteiger partial charge in [-0.3, -0.25) is 14.6 Å². The molecule has 0 saturated carbocycles. The van der Waals surface area contributed by atoms with Crippen molar-refractivity contribution in [2.75, 3.05) is 39.3 Å². The number of piperazine rings is 1. The first kappa shape index (κ1) is 19.6. The van der Waals surface area contributed by atoms with E-state index in [1.165, 1.54) is 11.1 Å². The molecule has 144 valence electrons. The van der Waals surface area contributed by atoms with Crippen LogP contribution in [0.25, 0.3) is 0 Å². The lowest BCUT2D eigenvalue weighted by atomic mass is 10.1. The molecule has 0 spiro atoms. The normalized spacial score (nSPS) is 15.3. The number of nitrogens with zero attached hydrogens (tertiary/aromatic N) is 3. The lowest BCUT2D eigenvalue weighted by Gasteiger charge is -2.34. The summed E-state index contributed by atoms with van der Waals surface area (Å²) >= 11 is 0. The molecule has 0 atom stereocenters. The summed E-state index contributed by atoms with van der Waals surface area (Å²) in [6, 6.07) is 18.7. The first-order valence-corrected chi connectivity index (χ1v) is 10.1. The molecule has 0 bridgehead atoms. The van der Waals surface area contributed by atoms with Gasteiger partial charge in [-0.05, 0) is 36.3 Å². The highest BCUT2D eigenvalue weighted by atomic mass is 16.2. The van der Waals surface area contributed by atoms with Gasteiger partial charge in [0.1, 0.15) is 0 Å². The first-order valence-electron chi connectivity index (χ1n) is 10.1. The van der Waals surface area contributed by atoms with Crippen LogP contribution >= 0.6 is 0 Å². The molecule has 0 unspecified atom stereocenters. The molecule has 0 aromatic heterocycles. The summed E-state index contributed by atoms with van der Waals surface area (Å²) in [6.45, 7) is 11.8. The van der Waals surface area contributed by atoms with Crippen molar-refractivity contribution in [1.82, 2.24) is 14.7 Å². The number of carbonyl (C=O) groups is 1. The minimum Gasteiger partial charge on any atom is -0.336 e. The Hall–Kier alpha value is -2.17. The van der Waals surface area contributed by atoms with Crippen LogP contribution in [0, 0.1) is 0 Å². The van der Waals surface area contributed by atoms with Crippen molar-refractivity contribution in [3.8, 4) is 0 Å². The van der Waals surface area contributed by atoms with E-state index in [0.717, 1.165) is 57.9 Å². The fourth-order valence-corrected chi connectivity index (χ4v) is 3.59. The molecule has 4 heteroatoms. The van der Waals surface area contributed by atoms with Gasteiger partial charge in [-0.1, -0.05) is 56.3 Å². The second-order valence-corrected chi connectivity index (χ2v) is 7.21. The van der Waals surface area contributed by atoms with Crippen molar-refractivity contribution in [2.45, 2.75) is 26.9 Å². The average molecular weight is 366 g/mol. The standard InChI is InChI=1S/C23H31N3O/c1-3-24(4-2)18-21-10-12-22(13-11-21)23(27)26-16-14-25(15-17-26)19-20-8-6-5-7-9-20/h5-13H,3-4,14-19H2,1-2H3. The van der Waals surface area contributed by atoms with Gasteiger partial charge in [0, 0.05) is 44.8 Å². The molecular formula is C23H31N3O. The third-order valence-electron chi connectivity index (χ3n) is 5.41. The van der Waals surface area contributed by atoms with E-state index in [1.807, 2.05) is 23.1 Å². The van der Waals surface area contributed by atoms with Crippen LogP contribution < -0.4 is 0 Å². The Labute approximate surface area is 163 Å². The third kappa shape index (κ3) is 5.41. The molecule has 1 heterocycles. The van der Waals surface area contributed by atoms with Crippen LogP contribution in [-0.4, -0.2) is 59.9 Å². The molecule has 1 saturated heterocycles. The highest BCUT2D eigenvalue weighted by Gasteiger charge is 2.22. The first-order chi connectivity index (χ1) is 13.2. The Bertz CT molecular complexity index is 702. The van der Waals surface area contributed by atoms with Gasteiger partial charge in [-0.2, -0.15) is 0 Å². The summed E-state index contributed by atoms with van der Waals surface area (Å²) in [5.41, 5.74) is 3.40. The van der Waals surface area contributed by atoms with Gasteiger partial charge in [-0.15, -0.1) is 0 Å². The largest absolute Gasteiger partial charge is 0.336 e. The van der Waals surface area contributed by atoms with E-state index >= 15 is 0 Å². The molecular weight excluding hydrogens is 334 g/mol. The molecule has 1 fully saturated rings. The summed E-state index contributed by atoms with van der Waals surface area (Å²) < 4.78 is 0. The highest BCUT2D eigenvalue weighted by Crippen LogP contribution is 2.13. The van der Waals surface area contributed by atoms with Gasteiger partial charge in [0.05, 0.1) is 0 Å². The fraction of sp³-hybridized carbons (Fsp3) is 0.435. The third-order valence-corrected chi connectivity index (χ3v) is 5.41. The second kappa shape index (κ2) is 9.67. The van der Waals surface area contributed by atoms with Crippen molar-refractivity contribution < 1.29 is 4.79 Å². The Kier molecular flexibility index (Phi) is 7.02. The minimum absolute atomic E-state index is 0.156. The van der Waals surface area contributed by atoms with Crippen LogP contribution in [-0.2, 0) is 13.1 Å². The van der Waals surface area contributed by atoms with E-state index in [4.69, 9.17) is 0 Å². The number of rotatable bonds is 7. The summed E-state index contributed by atoms with van der Waals surface area (Å²) in [6.07, 6.45) is 0. The zero-order valence-corrected chi connectivity index (χ0v) is 16.6. The van der Waals surface area contributed by atoms with Crippen LogP contribution in [0.5, 0.6) is 0 Å². The monoisotopic (exact) mass is 365 g/mol. The van der Waals surface area contributed by atoms with Crippen LogP contribution in [0.15, 0.2) is 54.6 Å². The van der Waals surface area contributed by atoms with E-state index < -0.39 is 0 Å². The molecule has 0 radical (unpaired) electrons. The van der Waals surface area contributed by atoms with Gasteiger partial charge in [-0.25, -0.2) is 0 Å². The Morgan fingerprint density at radius 1 is 0.852 bits per heavy atom. The SMILES string of the molecule is CCN(CC)Cc1ccc(C(=O)N2CCN(Cc3ccccc3)CC2)cc1. The average Bonchev–Trinajstić information content (AvgIpc) is 2.73. The Morgan fingerprint density at radius 3 is 2.07 bits per heavy atom. The summed E-state index contributed by atoms with van der Waals surface area (Å²) in [4.78, 5) is 19.6. The van der Waals surface area contributed by atoms with Crippen molar-refractivity contribution in [3.05, 3.63) is 71.3 Å². The van der Waals surface area contributed by atoms with E-state index in [1.54, 1.807) is 0 Å². The van der Waals surface area contributed by atoms with Crippen LogP contribution in [0.2, 0.25) is 0 Å². The van der Waals surface area contributed by atoms with Gasteiger partial charge in [0.2, 0.25) is 0 Å². The summed E-state index contributed by atoms with van der Waals surface area (Å²) in [5.74, 6) is 0.156. The smallest absolute Gasteiger partial charge is 0.253 e. The predicted molar refractivity (Wildman–Crippen MR) is 111 cm³/mol. The quantitative estimate of drug-likeness (QED) is 0.751. The van der Waals surface area contributed by atoms with Crippen LogP contribution in [0.1, 0.15) is 35.3 Å². The molecule has 0 N–H and O–H groups in total.